The Balaban J connectivity index is 1.55. The van der Waals surface area contributed by atoms with E-state index < -0.39 is 0 Å². The van der Waals surface area contributed by atoms with E-state index in [1.807, 2.05) is 24.3 Å². The Bertz CT molecular complexity index is 1730. The van der Waals surface area contributed by atoms with E-state index in [-0.39, 0.29) is 0 Å². The second kappa shape index (κ2) is 6.05. The van der Waals surface area contributed by atoms with Gasteiger partial charge in [0, 0.05) is 27.2 Å². The molecule has 0 atom stereocenters. The number of benzene rings is 5. The van der Waals surface area contributed by atoms with Crippen molar-refractivity contribution < 1.29 is 4.74 Å². The second-order valence-electron chi connectivity index (χ2n) is 8.63. The number of aromatic nitrogens is 1. The van der Waals surface area contributed by atoms with Gasteiger partial charge in [0.2, 0.25) is 0 Å². The molecule has 0 radical (unpaired) electrons. The molecule has 0 spiro atoms. The molecule has 5 aromatic carbocycles. The first-order valence-electron chi connectivity index (χ1n) is 11.2. The lowest BCUT2D eigenvalue weighted by molar-refractivity contribution is 0.477. The predicted octanol–water partition coefficient (Wildman–Crippen LogP) is 8.41. The highest BCUT2D eigenvalue weighted by atomic mass is 16.5. The monoisotopic (exact) mass is 422 g/mol. The predicted molar refractivity (Wildman–Crippen MR) is 136 cm³/mol. The highest BCUT2D eigenvalue weighted by Gasteiger charge is 2.27. The summed E-state index contributed by atoms with van der Waals surface area (Å²) in [4.78, 5) is 2.33. The molecule has 0 fully saturated rings. The third-order valence-corrected chi connectivity index (χ3v) is 6.88. The van der Waals surface area contributed by atoms with Gasteiger partial charge in [0.25, 0.3) is 0 Å². The highest BCUT2D eigenvalue weighted by Crippen LogP contribution is 2.52. The van der Waals surface area contributed by atoms with E-state index >= 15 is 0 Å². The molecule has 0 N–H and O–H groups in total. The first-order valence-corrected chi connectivity index (χ1v) is 11.2. The molecule has 0 aliphatic carbocycles. The molecule has 2 aromatic heterocycles. The van der Waals surface area contributed by atoms with Gasteiger partial charge in [-0.1, -0.05) is 60.7 Å². The number of ether oxygens (including phenoxy) is 1. The van der Waals surface area contributed by atoms with Crippen molar-refractivity contribution in [2.45, 2.75) is 0 Å². The first kappa shape index (κ1) is 17.1. The molecule has 3 heterocycles. The normalized spacial score (nSPS) is 13.0. The van der Waals surface area contributed by atoms with Crippen molar-refractivity contribution in [3.05, 3.63) is 109 Å². The summed E-state index contributed by atoms with van der Waals surface area (Å²) in [6.45, 7) is 0. The SMILES string of the molecule is c1ccc2c(c1)Oc1ccccc1N2c1cc2c3ccccc3n3c4ccccc4c(c1)c23. The molecule has 33 heavy (non-hydrogen) atoms. The molecule has 3 nitrogen and oxygen atoms in total. The van der Waals surface area contributed by atoms with Crippen LogP contribution >= 0.6 is 0 Å². The quantitative estimate of drug-likeness (QED) is 0.264. The molecule has 0 bridgehead atoms. The molecule has 0 amide bonds. The summed E-state index contributed by atoms with van der Waals surface area (Å²) in [6.07, 6.45) is 0. The number of nitrogens with zero attached hydrogens (tertiary/aromatic N) is 2. The Hall–Kier alpha value is -4.50. The molecule has 0 unspecified atom stereocenters. The molecule has 154 valence electrons. The molecule has 1 aliphatic heterocycles. The zero-order chi connectivity index (χ0) is 21.5. The average Bonchev–Trinajstić information content (AvgIpc) is 3.39. The van der Waals surface area contributed by atoms with Gasteiger partial charge in [-0.25, -0.2) is 0 Å². The number of hydrogen-bond donors (Lipinski definition) is 0. The molecule has 1 aliphatic rings. The van der Waals surface area contributed by atoms with Crippen molar-refractivity contribution in [2.24, 2.45) is 0 Å². The average molecular weight is 422 g/mol. The lowest BCUT2D eigenvalue weighted by Crippen LogP contribution is -2.15. The minimum atomic E-state index is 0.871. The summed E-state index contributed by atoms with van der Waals surface area (Å²) in [5.74, 6) is 1.74. The van der Waals surface area contributed by atoms with Crippen molar-refractivity contribution in [1.29, 1.82) is 0 Å². The Kier molecular flexibility index (Phi) is 3.14. The van der Waals surface area contributed by atoms with Crippen LogP contribution in [0, 0.1) is 0 Å². The third kappa shape index (κ3) is 2.14. The lowest BCUT2D eigenvalue weighted by atomic mass is 10.0. The van der Waals surface area contributed by atoms with Crippen molar-refractivity contribution >= 4 is 55.2 Å². The summed E-state index contributed by atoms with van der Waals surface area (Å²) in [5.41, 5.74) is 7.03. The van der Waals surface area contributed by atoms with E-state index in [0.717, 1.165) is 28.6 Å². The molecule has 7 aromatic rings. The standard InChI is InChI=1S/C30H18N2O/c1-3-11-24-20(9-1)22-17-19(18-23-21-10-2-4-12-25(21)32(24)30(22)23)31-26-13-5-7-15-28(26)33-29-16-8-6-14-27(29)31/h1-18H. The number of para-hydroxylation sites is 6. The fourth-order valence-corrected chi connectivity index (χ4v) is 5.55. The van der Waals surface area contributed by atoms with Crippen LogP contribution in [0.2, 0.25) is 0 Å². The molecule has 0 saturated carbocycles. The van der Waals surface area contributed by atoms with Crippen molar-refractivity contribution in [1.82, 2.24) is 4.40 Å². The van der Waals surface area contributed by atoms with Crippen LogP contribution in [-0.4, -0.2) is 4.40 Å². The van der Waals surface area contributed by atoms with Gasteiger partial charge in [0.1, 0.15) is 0 Å². The van der Waals surface area contributed by atoms with E-state index in [1.54, 1.807) is 0 Å². The Morgan fingerprint density at radius 1 is 0.485 bits per heavy atom. The smallest absolute Gasteiger partial charge is 0.151 e. The van der Waals surface area contributed by atoms with Crippen LogP contribution in [0.1, 0.15) is 0 Å². The number of rotatable bonds is 1. The number of hydrogen-bond acceptors (Lipinski definition) is 2. The topological polar surface area (TPSA) is 16.9 Å². The fraction of sp³-hybridized carbons (Fsp3) is 0. The molecular formula is C30H18N2O. The van der Waals surface area contributed by atoms with Crippen molar-refractivity contribution in [3.8, 4) is 11.5 Å². The number of fused-ring (bicyclic) bond motifs is 8. The van der Waals surface area contributed by atoms with Gasteiger partial charge < -0.3 is 14.0 Å². The van der Waals surface area contributed by atoms with E-state index in [9.17, 15) is 0 Å². The van der Waals surface area contributed by atoms with E-state index in [1.165, 1.54) is 38.1 Å². The minimum absolute atomic E-state index is 0.871. The highest BCUT2D eigenvalue weighted by molar-refractivity contribution is 6.24. The van der Waals surface area contributed by atoms with Crippen LogP contribution in [0.4, 0.5) is 17.1 Å². The van der Waals surface area contributed by atoms with Gasteiger partial charge in [-0.2, -0.15) is 0 Å². The Labute approximate surface area is 190 Å². The minimum Gasteiger partial charge on any atom is -0.453 e. The van der Waals surface area contributed by atoms with Crippen LogP contribution in [0.5, 0.6) is 11.5 Å². The van der Waals surface area contributed by atoms with Gasteiger partial charge >= 0.3 is 0 Å². The maximum Gasteiger partial charge on any atom is 0.151 e. The van der Waals surface area contributed by atoms with Crippen LogP contribution < -0.4 is 9.64 Å². The van der Waals surface area contributed by atoms with Gasteiger partial charge in [0.15, 0.2) is 11.5 Å². The van der Waals surface area contributed by atoms with E-state index in [4.69, 9.17) is 4.74 Å². The maximum atomic E-state index is 6.25. The van der Waals surface area contributed by atoms with Crippen LogP contribution in [0.3, 0.4) is 0 Å². The fourth-order valence-electron chi connectivity index (χ4n) is 5.55. The second-order valence-corrected chi connectivity index (χ2v) is 8.63. The van der Waals surface area contributed by atoms with Crippen LogP contribution in [-0.2, 0) is 0 Å². The van der Waals surface area contributed by atoms with Crippen molar-refractivity contribution in [2.75, 3.05) is 4.90 Å². The maximum absolute atomic E-state index is 6.25. The molecule has 3 heteroatoms. The van der Waals surface area contributed by atoms with Crippen LogP contribution in [0.25, 0.3) is 38.1 Å². The Morgan fingerprint density at radius 2 is 0.970 bits per heavy atom. The number of anilines is 3. The summed E-state index contributed by atoms with van der Waals surface area (Å²) in [6, 6.07) is 38.6. The lowest BCUT2D eigenvalue weighted by Gasteiger charge is -2.32. The summed E-state index contributed by atoms with van der Waals surface area (Å²) < 4.78 is 8.67. The van der Waals surface area contributed by atoms with Crippen molar-refractivity contribution in [3.63, 3.8) is 0 Å². The summed E-state index contributed by atoms with van der Waals surface area (Å²) in [5, 5.41) is 5.10. The molecular weight excluding hydrogens is 404 g/mol. The van der Waals surface area contributed by atoms with Gasteiger partial charge in [0.05, 0.1) is 27.9 Å². The summed E-state index contributed by atoms with van der Waals surface area (Å²) >= 11 is 0. The van der Waals surface area contributed by atoms with Gasteiger partial charge in [-0.15, -0.1) is 0 Å². The zero-order valence-corrected chi connectivity index (χ0v) is 17.7. The first-order chi connectivity index (χ1) is 16.4. The summed E-state index contributed by atoms with van der Waals surface area (Å²) in [7, 11) is 0. The largest absolute Gasteiger partial charge is 0.453 e. The Morgan fingerprint density at radius 3 is 1.55 bits per heavy atom. The molecule has 0 saturated heterocycles. The molecule has 8 rings (SSSR count). The van der Waals surface area contributed by atoms with Crippen LogP contribution in [0.15, 0.2) is 109 Å². The van der Waals surface area contributed by atoms with E-state index in [0.29, 0.717) is 0 Å². The van der Waals surface area contributed by atoms with E-state index in [2.05, 4.69) is 94.2 Å². The van der Waals surface area contributed by atoms with Gasteiger partial charge in [-0.3, -0.25) is 0 Å². The van der Waals surface area contributed by atoms with Gasteiger partial charge in [-0.05, 0) is 48.5 Å². The zero-order valence-electron chi connectivity index (χ0n) is 17.7. The third-order valence-electron chi connectivity index (χ3n) is 6.88.